The molecule has 122 valence electrons. The van der Waals surface area contributed by atoms with Crippen molar-refractivity contribution >= 4 is 17.6 Å². The topological polar surface area (TPSA) is 68.2 Å². The molecule has 0 aliphatic carbocycles. The van der Waals surface area contributed by atoms with Gasteiger partial charge in [0.1, 0.15) is 11.5 Å². The van der Waals surface area contributed by atoms with Crippen molar-refractivity contribution in [2.75, 3.05) is 34.0 Å². The number of aliphatic carboxylic acids is 1. The highest BCUT2D eigenvalue weighted by atomic mass is 35.5. The van der Waals surface area contributed by atoms with Crippen LogP contribution in [0, 0.1) is 0 Å². The molecule has 0 saturated carbocycles. The summed E-state index contributed by atoms with van der Waals surface area (Å²) < 4.78 is 16.0. The molecule has 1 saturated heterocycles. The highest BCUT2D eigenvalue weighted by Gasteiger charge is 2.27. The summed E-state index contributed by atoms with van der Waals surface area (Å²) in [6.07, 6.45) is 0.0378. The van der Waals surface area contributed by atoms with Gasteiger partial charge in [-0.1, -0.05) is 11.6 Å². The van der Waals surface area contributed by atoms with Crippen molar-refractivity contribution in [1.82, 2.24) is 4.90 Å². The molecule has 1 N–H and O–H groups in total. The van der Waals surface area contributed by atoms with Crippen molar-refractivity contribution in [3.8, 4) is 11.5 Å². The molecule has 1 aromatic carbocycles. The van der Waals surface area contributed by atoms with Crippen molar-refractivity contribution in [2.45, 2.75) is 19.0 Å². The third kappa shape index (κ3) is 4.03. The fourth-order valence-corrected chi connectivity index (χ4v) is 2.79. The van der Waals surface area contributed by atoms with Crippen molar-refractivity contribution in [1.29, 1.82) is 0 Å². The Labute approximate surface area is 134 Å². The van der Waals surface area contributed by atoms with Crippen LogP contribution in [-0.2, 0) is 16.1 Å². The Bertz CT molecular complexity index is 537. The smallest absolute Gasteiger partial charge is 0.305 e. The maximum Gasteiger partial charge on any atom is 0.305 e. The predicted octanol–water partition coefficient (Wildman–Crippen LogP) is 2.03. The second kappa shape index (κ2) is 7.67. The molecule has 1 atom stereocenters. The number of carboxylic acids is 1. The SMILES string of the molecule is COc1cc(Cl)c(CN2CCOC[C@H]2CC(=O)O)c(OC)c1. The zero-order valence-corrected chi connectivity index (χ0v) is 13.4. The van der Waals surface area contributed by atoms with E-state index < -0.39 is 5.97 Å². The van der Waals surface area contributed by atoms with E-state index >= 15 is 0 Å². The summed E-state index contributed by atoms with van der Waals surface area (Å²) >= 11 is 6.33. The number of carboxylic acid groups (broad SMARTS) is 1. The minimum atomic E-state index is -0.840. The van der Waals surface area contributed by atoms with Gasteiger partial charge in [0.05, 0.1) is 38.9 Å². The number of morpholine rings is 1. The lowest BCUT2D eigenvalue weighted by Crippen LogP contribution is -2.46. The van der Waals surface area contributed by atoms with Gasteiger partial charge >= 0.3 is 5.97 Å². The summed E-state index contributed by atoms with van der Waals surface area (Å²) in [7, 11) is 3.14. The number of carbonyl (C=O) groups is 1. The van der Waals surface area contributed by atoms with Gasteiger partial charge in [0, 0.05) is 30.8 Å². The number of benzene rings is 1. The first-order chi connectivity index (χ1) is 10.5. The average Bonchev–Trinajstić information content (AvgIpc) is 2.50. The molecule has 7 heteroatoms. The summed E-state index contributed by atoms with van der Waals surface area (Å²) in [4.78, 5) is 13.1. The lowest BCUT2D eigenvalue weighted by atomic mass is 10.1. The van der Waals surface area contributed by atoms with E-state index in [-0.39, 0.29) is 12.5 Å². The number of nitrogens with zero attached hydrogens (tertiary/aromatic N) is 1. The lowest BCUT2D eigenvalue weighted by molar-refractivity contribution is -0.140. The molecule has 0 bridgehead atoms. The molecule has 1 aliphatic heterocycles. The van der Waals surface area contributed by atoms with Gasteiger partial charge in [-0.05, 0) is 6.07 Å². The highest BCUT2D eigenvalue weighted by molar-refractivity contribution is 6.31. The van der Waals surface area contributed by atoms with E-state index in [1.807, 2.05) is 0 Å². The first-order valence-electron chi connectivity index (χ1n) is 6.99. The molecule has 1 heterocycles. The Morgan fingerprint density at radius 3 is 2.86 bits per heavy atom. The molecule has 2 rings (SSSR count). The van der Waals surface area contributed by atoms with Crippen LogP contribution in [0.2, 0.25) is 5.02 Å². The molecular formula is C15H20ClNO5. The van der Waals surface area contributed by atoms with E-state index in [4.69, 9.17) is 30.9 Å². The molecule has 0 radical (unpaired) electrons. The number of halogens is 1. The highest BCUT2D eigenvalue weighted by Crippen LogP contribution is 2.33. The van der Waals surface area contributed by atoms with E-state index in [0.29, 0.717) is 42.8 Å². The van der Waals surface area contributed by atoms with Gasteiger partial charge in [0.15, 0.2) is 0 Å². The summed E-state index contributed by atoms with van der Waals surface area (Å²) in [6, 6.07) is 3.33. The van der Waals surface area contributed by atoms with E-state index in [9.17, 15) is 4.79 Å². The fraction of sp³-hybridized carbons (Fsp3) is 0.533. The Balaban J connectivity index is 2.22. The Kier molecular flexibility index (Phi) is 5.88. The summed E-state index contributed by atoms with van der Waals surface area (Å²) in [5.41, 5.74) is 0.822. The lowest BCUT2D eigenvalue weighted by Gasteiger charge is -2.35. The van der Waals surface area contributed by atoms with E-state index in [1.165, 1.54) is 0 Å². The summed E-state index contributed by atoms with van der Waals surface area (Å²) in [5.74, 6) is 0.410. The normalized spacial score (nSPS) is 19.0. The van der Waals surface area contributed by atoms with Crippen LogP contribution >= 0.6 is 11.6 Å². The Hall–Kier alpha value is -1.50. The largest absolute Gasteiger partial charge is 0.497 e. The van der Waals surface area contributed by atoms with Crippen LogP contribution in [-0.4, -0.2) is 56.0 Å². The van der Waals surface area contributed by atoms with Crippen molar-refractivity contribution < 1.29 is 24.1 Å². The van der Waals surface area contributed by atoms with Gasteiger partial charge in [-0.3, -0.25) is 9.69 Å². The van der Waals surface area contributed by atoms with Gasteiger partial charge < -0.3 is 19.3 Å². The van der Waals surface area contributed by atoms with Crippen LogP contribution in [0.4, 0.5) is 0 Å². The van der Waals surface area contributed by atoms with Gasteiger partial charge in [-0.25, -0.2) is 0 Å². The van der Waals surface area contributed by atoms with Crippen LogP contribution in [0.5, 0.6) is 11.5 Å². The maximum atomic E-state index is 11.0. The molecule has 0 unspecified atom stereocenters. The number of ether oxygens (including phenoxy) is 3. The number of methoxy groups -OCH3 is 2. The van der Waals surface area contributed by atoms with E-state index in [2.05, 4.69) is 4.90 Å². The first-order valence-corrected chi connectivity index (χ1v) is 7.37. The Morgan fingerprint density at radius 2 is 2.23 bits per heavy atom. The zero-order valence-electron chi connectivity index (χ0n) is 12.7. The maximum absolute atomic E-state index is 11.0. The van der Waals surface area contributed by atoms with E-state index in [0.717, 1.165) is 5.56 Å². The molecule has 6 nitrogen and oxygen atoms in total. The van der Waals surface area contributed by atoms with Gasteiger partial charge in [-0.2, -0.15) is 0 Å². The minimum Gasteiger partial charge on any atom is -0.497 e. The monoisotopic (exact) mass is 329 g/mol. The first kappa shape index (κ1) is 16.9. The molecule has 0 amide bonds. The number of rotatable bonds is 6. The molecular weight excluding hydrogens is 310 g/mol. The van der Waals surface area contributed by atoms with Crippen LogP contribution < -0.4 is 9.47 Å². The molecule has 0 spiro atoms. The third-order valence-electron chi connectivity index (χ3n) is 3.70. The molecule has 1 aromatic rings. The van der Waals surface area contributed by atoms with Crippen molar-refractivity contribution in [2.24, 2.45) is 0 Å². The standard InChI is InChI=1S/C15H20ClNO5/c1-20-11-6-13(16)12(14(7-11)21-2)8-17-3-4-22-9-10(17)5-15(18)19/h6-7,10H,3-5,8-9H2,1-2H3,(H,18,19)/t10-/m1/s1. The second-order valence-corrected chi connectivity index (χ2v) is 5.49. The Morgan fingerprint density at radius 1 is 1.45 bits per heavy atom. The molecule has 1 aliphatic rings. The van der Waals surface area contributed by atoms with Crippen LogP contribution in [0.25, 0.3) is 0 Å². The van der Waals surface area contributed by atoms with Gasteiger partial charge in [-0.15, -0.1) is 0 Å². The predicted molar refractivity (Wildman–Crippen MR) is 81.8 cm³/mol. The third-order valence-corrected chi connectivity index (χ3v) is 4.04. The summed E-state index contributed by atoms with van der Waals surface area (Å²) in [5, 5.41) is 9.56. The average molecular weight is 330 g/mol. The van der Waals surface area contributed by atoms with Crippen LogP contribution in [0.3, 0.4) is 0 Å². The van der Waals surface area contributed by atoms with Crippen molar-refractivity contribution in [3.05, 3.63) is 22.7 Å². The van der Waals surface area contributed by atoms with Crippen molar-refractivity contribution in [3.63, 3.8) is 0 Å². The zero-order chi connectivity index (χ0) is 16.1. The van der Waals surface area contributed by atoms with Gasteiger partial charge in [0.2, 0.25) is 0 Å². The number of hydrogen-bond acceptors (Lipinski definition) is 5. The molecule has 22 heavy (non-hydrogen) atoms. The van der Waals surface area contributed by atoms with E-state index in [1.54, 1.807) is 26.4 Å². The van der Waals surface area contributed by atoms with Crippen LogP contribution in [0.15, 0.2) is 12.1 Å². The quantitative estimate of drug-likeness (QED) is 0.861. The fourth-order valence-electron chi connectivity index (χ4n) is 2.53. The second-order valence-electron chi connectivity index (χ2n) is 5.09. The molecule has 0 aromatic heterocycles. The summed E-state index contributed by atoms with van der Waals surface area (Å²) in [6.45, 7) is 2.14. The van der Waals surface area contributed by atoms with Gasteiger partial charge in [0.25, 0.3) is 0 Å². The van der Waals surface area contributed by atoms with Crippen LogP contribution in [0.1, 0.15) is 12.0 Å². The number of hydrogen-bond donors (Lipinski definition) is 1. The molecule has 1 fully saturated rings. The minimum absolute atomic E-state index is 0.0378.